The van der Waals surface area contributed by atoms with Crippen LogP contribution in [0.2, 0.25) is 0 Å². The van der Waals surface area contributed by atoms with Crippen LogP contribution in [-0.2, 0) is 16.7 Å². The fourth-order valence-electron chi connectivity index (χ4n) is 4.09. The summed E-state index contributed by atoms with van der Waals surface area (Å²) in [6.07, 6.45) is 3.80. The average Bonchev–Trinajstić information content (AvgIpc) is 2.76. The third kappa shape index (κ3) is 4.72. The first-order valence-corrected chi connectivity index (χ1v) is 10.9. The Morgan fingerprint density at radius 3 is 2.42 bits per heavy atom. The Morgan fingerprint density at radius 2 is 1.74 bits per heavy atom. The van der Waals surface area contributed by atoms with Gasteiger partial charge in [0.25, 0.3) is 11.5 Å². The summed E-state index contributed by atoms with van der Waals surface area (Å²) in [7, 11) is 0. The number of rotatable bonds is 4. The minimum absolute atomic E-state index is 0.0189. The zero-order chi connectivity index (χ0) is 22.0. The third-order valence-corrected chi connectivity index (χ3v) is 6.08. The lowest BCUT2D eigenvalue weighted by Gasteiger charge is -2.23. The van der Waals surface area contributed by atoms with E-state index in [-0.39, 0.29) is 16.9 Å². The molecule has 2 aromatic carbocycles. The van der Waals surface area contributed by atoms with Crippen LogP contribution >= 0.6 is 0 Å². The van der Waals surface area contributed by atoms with Gasteiger partial charge >= 0.3 is 0 Å². The lowest BCUT2D eigenvalue weighted by Crippen LogP contribution is -2.27. The van der Waals surface area contributed by atoms with E-state index in [9.17, 15) is 9.59 Å². The molecule has 162 valence electrons. The van der Waals surface area contributed by atoms with Crippen LogP contribution in [0.4, 0.5) is 5.69 Å². The van der Waals surface area contributed by atoms with E-state index in [1.165, 1.54) is 5.56 Å². The summed E-state index contributed by atoms with van der Waals surface area (Å²) >= 11 is 0. The first-order valence-electron chi connectivity index (χ1n) is 10.9. The maximum absolute atomic E-state index is 13.1. The Bertz CT molecular complexity index is 1130. The number of anilines is 1. The highest BCUT2D eigenvalue weighted by Gasteiger charge is 2.17. The van der Waals surface area contributed by atoms with Crippen molar-refractivity contribution in [3.8, 4) is 0 Å². The topological polar surface area (TPSA) is 60.3 Å². The second-order valence-corrected chi connectivity index (χ2v) is 9.38. The molecule has 0 aliphatic carbocycles. The van der Waals surface area contributed by atoms with Crippen LogP contribution in [0.1, 0.15) is 49.5 Å². The number of nitrogens with zero attached hydrogens (tertiary/aromatic N) is 1. The Morgan fingerprint density at radius 1 is 1.03 bits per heavy atom. The zero-order valence-corrected chi connectivity index (χ0v) is 18.5. The quantitative estimate of drug-likeness (QED) is 0.650. The number of benzene rings is 2. The number of ether oxygens (including phenoxy) is 1. The van der Waals surface area contributed by atoms with Gasteiger partial charge in [0.15, 0.2) is 0 Å². The van der Waals surface area contributed by atoms with Gasteiger partial charge in [0.05, 0.1) is 0 Å². The molecule has 0 spiro atoms. The highest BCUT2D eigenvalue weighted by Crippen LogP contribution is 2.25. The predicted octanol–water partition coefficient (Wildman–Crippen LogP) is 4.98. The minimum Gasteiger partial charge on any atom is -0.381 e. The summed E-state index contributed by atoms with van der Waals surface area (Å²) in [6.45, 7) is 8.67. The first-order chi connectivity index (χ1) is 14.8. The van der Waals surface area contributed by atoms with Gasteiger partial charge in [-0.25, -0.2) is 0 Å². The Balaban J connectivity index is 1.57. The molecular weight excluding hydrogens is 388 g/mol. The van der Waals surface area contributed by atoms with E-state index in [4.69, 9.17) is 4.74 Å². The van der Waals surface area contributed by atoms with Crippen molar-refractivity contribution in [2.75, 3.05) is 18.5 Å². The molecule has 4 rings (SSSR count). The van der Waals surface area contributed by atoms with E-state index in [0.29, 0.717) is 29.1 Å². The number of amides is 1. The maximum Gasteiger partial charge on any atom is 0.258 e. The molecule has 1 fully saturated rings. The van der Waals surface area contributed by atoms with Crippen LogP contribution in [0.3, 0.4) is 0 Å². The van der Waals surface area contributed by atoms with Crippen molar-refractivity contribution >= 4 is 22.4 Å². The van der Waals surface area contributed by atoms with Gasteiger partial charge in [-0.2, -0.15) is 0 Å². The first kappa shape index (κ1) is 21.3. The lowest BCUT2D eigenvalue weighted by molar-refractivity contribution is 0.0610. The lowest BCUT2D eigenvalue weighted by atomic mass is 9.87. The van der Waals surface area contributed by atoms with E-state index in [2.05, 4.69) is 26.1 Å². The van der Waals surface area contributed by atoms with Crippen LogP contribution in [0.25, 0.3) is 10.8 Å². The van der Waals surface area contributed by atoms with E-state index in [1.54, 1.807) is 4.57 Å². The molecule has 1 aliphatic heterocycles. The monoisotopic (exact) mass is 418 g/mol. The van der Waals surface area contributed by atoms with Crippen molar-refractivity contribution in [1.29, 1.82) is 0 Å². The number of hydrogen-bond donors (Lipinski definition) is 1. The van der Waals surface area contributed by atoms with Gasteiger partial charge in [-0.15, -0.1) is 0 Å². The SMILES string of the molecule is CC(C)(C)c1ccc(C(=O)Nc2cccc3c(=O)n(CC4CCOCC4)ccc23)cc1. The van der Waals surface area contributed by atoms with Crippen LogP contribution in [0, 0.1) is 5.92 Å². The molecule has 0 bridgehead atoms. The van der Waals surface area contributed by atoms with Crippen molar-refractivity contribution in [3.05, 3.63) is 76.2 Å². The maximum atomic E-state index is 13.1. The number of aromatic nitrogens is 1. The Hall–Kier alpha value is -2.92. The molecule has 31 heavy (non-hydrogen) atoms. The molecule has 1 amide bonds. The molecule has 1 aromatic heterocycles. The van der Waals surface area contributed by atoms with E-state index < -0.39 is 0 Å². The van der Waals surface area contributed by atoms with E-state index in [1.807, 2.05) is 54.7 Å². The highest BCUT2D eigenvalue weighted by molar-refractivity contribution is 6.09. The third-order valence-electron chi connectivity index (χ3n) is 6.08. The largest absolute Gasteiger partial charge is 0.381 e. The number of nitrogens with one attached hydrogen (secondary N) is 1. The normalized spacial score (nSPS) is 15.2. The van der Waals surface area contributed by atoms with Crippen molar-refractivity contribution in [3.63, 3.8) is 0 Å². The molecule has 3 aromatic rings. The summed E-state index contributed by atoms with van der Waals surface area (Å²) in [4.78, 5) is 25.9. The van der Waals surface area contributed by atoms with E-state index in [0.717, 1.165) is 31.4 Å². The molecule has 5 heteroatoms. The molecule has 1 aliphatic rings. The van der Waals surface area contributed by atoms with Crippen LogP contribution in [0.15, 0.2) is 59.5 Å². The van der Waals surface area contributed by atoms with Gasteiger partial charge in [0, 0.05) is 48.0 Å². The average molecular weight is 419 g/mol. The van der Waals surface area contributed by atoms with Gasteiger partial charge < -0.3 is 14.6 Å². The van der Waals surface area contributed by atoms with Gasteiger partial charge in [0.1, 0.15) is 0 Å². The van der Waals surface area contributed by atoms with Gasteiger partial charge in [0.2, 0.25) is 0 Å². The van der Waals surface area contributed by atoms with Gasteiger partial charge in [-0.1, -0.05) is 39.0 Å². The number of fused-ring (bicyclic) bond motifs is 1. The van der Waals surface area contributed by atoms with Crippen LogP contribution < -0.4 is 10.9 Å². The van der Waals surface area contributed by atoms with Crippen LogP contribution in [-0.4, -0.2) is 23.7 Å². The molecule has 5 nitrogen and oxygen atoms in total. The van der Waals surface area contributed by atoms with Gasteiger partial charge in [-0.05, 0) is 60.1 Å². The Labute approximate surface area is 183 Å². The highest BCUT2D eigenvalue weighted by atomic mass is 16.5. The summed E-state index contributed by atoms with van der Waals surface area (Å²) in [5.74, 6) is 0.280. The molecular formula is C26H30N2O3. The standard InChI is InChI=1S/C26H30N2O3/c1-26(2,3)20-9-7-19(8-10-20)24(29)27-23-6-4-5-22-21(23)11-14-28(25(22)30)17-18-12-15-31-16-13-18/h4-11,14,18H,12-13,15-17H2,1-3H3,(H,27,29). The second kappa shape index (κ2) is 8.67. The summed E-state index contributed by atoms with van der Waals surface area (Å²) in [5.41, 5.74) is 2.44. The summed E-state index contributed by atoms with van der Waals surface area (Å²) < 4.78 is 7.21. The molecule has 0 atom stereocenters. The van der Waals surface area contributed by atoms with Crippen molar-refractivity contribution in [1.82, 2.24) is 4.57 Å². The predicted molar refractivity (Wildman–Crippen MR) is 125 cm³/mol. The zero-order valence-electron chi connectivity index (χ0n) is 18.5. The van der Waals surface area contributed by atoms with Gasteiger partial charge in [-0.3, -0.25) is 9.59 Å². The Kier molecular flexibility index (Phi) is 5.96. The van der Waals surface area contributed by atoms with Crippen molar-refractivity contribution in [2.24, 2.45) is 5.92 Å². The summed E-state index contributed by atoms with van der Waals surface area (Å²) in [6, 6.07) is 15.1. The number of carbonyl (C=O) groups is 1. The molecule has 0 radical (unpaired) electrons. The number of hydrogen-bond acceptors (Lipinski definition) is 3. The number of pyridine rings is 1. The van der Waals surface area contributed by atoms with E-state index >= 15 is 0 Å². The van der Waals surface area contributed by atoms with Crippen molar-refractivity contribution < 1.29 is 9.53 Å². The van der Waals surface area contributed by atoms with Crippen molar-refractivity contribution in [2.45, 2.75) is 45.6 Å². The summed E-state index contributed by atoms with van der Waals surface area (Å²) in [5, 5.41) is 4.36. The fourth-order valence-corrected chi connectivity index (χ4v) is 4.09. The number of carbonyl (C=O) groups excluding carboxylic acids is 1. The molecule has 0 saturated carbocycles. The van der Waals surface area contributed by atoms with Crippen LogP contribution in [0.5, 0.6) is 0 Å². The fraction of sp³-hybridized carbons (Fsp3) is 0.385. The molecule has 2 heterocycles. The minimum atomic E-state index is -0.181. The molecule has 1 saturated heterocycles. The molecule has 0 unspecified atom stereocenters. The second-order valence-electron chi connectivity index (χ2n) is 9.38. The molecule has 1 N–H and O–H groups in total. The smallest absolute Gasteiger partial charge is 0.258 e.